The van der Waals surface area contributed by atoms with E-state index in [-0.39, 0.29) is 24.1 Å². The summed E-state index contributed by atoms with van der Waals surface area (Å²) in [6.07, 6.45) is 0.560. The largest absolute Gasteiger partial charge is 0.444 e. The van der Waals surface area contributed by atoms with Crippen molar-refractivity contribution in [2.75, 3.05) is 5.75 Å². The molecule has 2 rings (SSSR count). The Morgan fingerprint density at radius 2 is 2.00 bits per heavy atom. The van der Waals surface area contributed by atoms with Crippen LogP contribution in [0.25, 0.3) is 0 Å². The average Bonchev–Trinajstić information content (AvgIpc) is 2.92. The lowest BCUT2D eigenvalue weighted by atomic mass is 10.0. The number of benzene rings is 1. The zero-order valence-corrected chi connectivity index (χ0v) is 16.0. The number of alkyl carbamates (subject to hydrolysis) is 1. The molecule has 0 bridgehead atoms. The van der Waals surface area contributed by atoms with Crippen LogP contribution in [0.5, 0.6) is 0 Å². The molecule has 0 aromatic heterocycles. The molecular formula is C19H28N2O2S. The van der Waals surface area contributed by atoms with Gasteiger partial charge in [0.1, 0.15) is 5.60 Å². The first kappa shape index (κ1) is 18.8. The minimum absolute atomic E-state index is 0.0920. The number of carbonyl (C=O) groups is 1. The monoisotopic (exact) mass is 348 g/mol. The van der Waals surface area contributed by atoms with Crippen LogP contribution in [-0.4, -0.2) is 34.6 Å². The Bertz CT molecular complexity index is 579. The quantitative estimate of drug-likeness (QED) is 0.863. The van der Waals surface area contributed by atoms with Gasteiger partial charge in [-0.05, 0) is 38.7 Å². The molecule has 1 aliphatic rings. The van der Waals surface area contributed by atoms with Gasteiger partial charge in [-0.25, -0.2) is 4.79 Å². The van der Waals surface area contributed by atoms with E-state index in [1.807, 2.05) is 26.8 Å². The van der Waals surface area contributed by atoms with Gasteiger partial charge < -0.3 is 10.1 Å². The van der Waals surface area contributed by atoms with Gasteiger partial charge in [0.05, 0.1) is 17.1 Å². The van der Waals surface area contributed by atoms with Crippen molar-refractivity contribution in [2.45, 2.75) is 58.7 Å². The van der Waals surface area contributed by atoms with E-state index in [1.54, 1.807) is 11.8 Å². The predicted molar refractivity (Wildman–Crippen MR) is 102 cm³/mol. The van der Waals surface area contributed by atoms with Gasteiger partial charge in [0.2, 0.25) is 0 Å². The van der Waals surface area contributed by atoms with Crippen molar-refractivity contribution in [3.8, 4) is 0 Å². The molecule has 1 N–H and O–H groups in total. The van der Waals surface area contributed by atoms with Crippen molar-refractivity contribution in [3.05, 3.63) is 35.9 Å². The van der Waals surface area contributed by atoms with E-state index < -0.39 is 5.60 Å². The summed E-state index contributed by atoms with van der Waals surface area (Å²) in [4.78, 5) is 17.0. The van der Waals surface area contributed by atoms with Crippen LogP contribution in [0.15, 0.2) is 35.3 Å². The second-order valence-electron chi connectivity index (χ2n) is 7.49. The summed E-state index contributed by atoms with van der Waals surface area (Å²) in [7, 11) is 0. The number of carbonyl (C=O) groups excluding carboxylic acids is 1. The third kappa shape index (κ3) is 5.86. The Hall–Kier alpha value is -1.49. The lowest BCUT2D eigenvalue weighted by molar-refractivity contribution is 0.0509. The number of nitrogens with zero attached hydrogens (tertiary/aromatic N) is 1. The Morgan fingerprint density at radius 3 is 2.58 bits per heavy atom. The smallest absolute Gasteiger partial charge is 0.408 e. The molecule has 1 heterocycles. The molecule has 1 aliphatic heterocycles. The fourth-order valence-electron chi connectivity index (χ4n) is 2.54. The van der Waals surface area contributed by atoms with Crippen molar-refractivity contribution >= 4 is 22.9 Å². The lowest BCUT2D eigenvalue weighted by Gasteiger charge is -2.25. The van der Waals surface area contributed by atoms with Gasteiger partial charge in [-0.3, -0.25) is 4.99 Å². The number of hydrogen-bond donors (Lipinski definition) is 1. The van der Waals surface area contributed by atoms with Crippen molar-refractivity contribution in [3.63, 3.8) is 0 Å². The number of nitrogens with one attached hydrogen (secondary N) is 1. The van der Waals surface area contributed by atoms with Crippen LogP contribution in [0.4, 0.5) is 4.79 Å². The highest BCUT2D eigenvalue weighted by molar-refractivity contribution is 8.14. The Balaban J connectivity index is 2.00. The topological polar surface area (TPSA) is 50.7 Å². The van der Waals surface area contributed by atoms with Crippen LogP contribution in [0.3, 0.4) is 0 Å². The number of rotatable bonds is 5. The van der Waals surface area contributed by atoms with E-state index >= 15 is 0 Å². The third-order valence-corrected chi connectivity index (χ3v) is 4.86. The zero-order valence-electron chi connectivity index (χ0n) is 15.2. The standard InChI is InChI=1S/C19H28N2O2S/c1-13(2)16(21-18(22)23-19(3,4)5)17-20-15(12-24-17)11-14-9-7-6-8-10-14/h6-10,13,15-16H,11-12H2,1-5H3,(H,21,22)/t15-,16+/m1/s1. The molecule has 0 fully saturated rings. The number of aliphatic imine (C=N–C) groups is 1. The highest BCUT2D eigenvalue weighted by Gasteiger charge is 2.30. The molecule has 24 heavy (non-hydrogen) atoms. The van der Waals surface area contributed by atoms with Gasteiger partial charge in [0.15, 0.2) is 0 Å². The van der Waals surface area contributed by atoms with Crippen molar-refractivity contribution in [1.29, 1.82) is 0 Å². The van der Waals surface area contributed by atoms with Crippen molar-refractivity contribution in [2.24, 2.45) is 10.9 Å². The third-order valence-electron chi connectivity index (χ3n) is 3.65. The zero-order chi connectivity index (χ0) is 17.7. The highest BCUT2D eigenvalue weighted by atomic mass is 32.2. The van der Waals surface area contributed by atoms with Crippen LogP contribution in [-0.2, 0) is 11.2 Å². The normalized spacial score (nSPS) is 19.1. The molecule has 1 amide bonds. The van der Waals surface area contributed by atoms with Crippen LogP contribution >= 0.6 is 11.8 Å². The summed E-state index contributed by atoms with van der Waals surface area (Å²) in [6.45, 7) is 9.79. The van der Waals surface area contributed by atoms with E-state index in [9.17, 15) is 4.79 Å². The SMILES string of the molecule is CC(C)[C@H](NC(=O)OC(C)(C)C)C1=N[C@H](Cc2ccccc2)CS1. The minimum atomic E-state index is -0.494. The van der Waals surface area contributed by atoms with Gasteiger partial charge in [-0.2, -0.15) is 0 Å². The average molecular weight is 349 g/mol. The van der Waals surface area contributed by atoms with Crippen molar-refractivity contribution < 1.29 is 9.53 Å². The van der Waals surface area contributed by atoms with Crippen LogP contribution < -0.4 is 5.32 Å². The summed E-state index contributed by atoms with van der Waals surface area (Å²) in [5, 5.41) is 4.00. The summed E-state index contributed by atoms with van der Waals surface area (Å²) < 4.78 is 5.39. The van der Waals surface area contributed by atoms with E-state index in [4.69, 9.17) is 9.73 Å². The fourth-order valence-corrected chi connectivity index (χ4v) is 3.83. The second-order valence-corrected chi connectivity index (χ2v) is 8.53. The first-order valence-electron chi connectivity index (χ1n) is 8.48. The molecule has 1 aromatic rings. The summed E-state index contributed by atoms with van der Waals surface area (Å²) in [5.41, 5.74) is 0.806. The molecule has 5 heteroatoms. The second kappa shape index (κ2) is 8.06. The fraction of sp³-hybridized carbons (Fsp3) is 0.579. The highest BCUT2D eigenvalue weighted by Crippen LogP contribution is 2.26. The number of ether oxygens (including phenoxy) is 1. The maximum atomic E-state index is 12.1. The van der Waals surface area contributed by atoms with E-state index in [1.165, 1.54) is 5.56 Å². The van der Waals surface area contributed by atoms with Gasteiger partial charge in [-0.15, -0.1) is 11.8 Å². The first-order valence-corrected chi connectivity index (χ1v) is 9.47. The molecule has 0 saturated heterocycles. The maximum absolute atomic E-state index is 12.1. The molecule has 0 radical (unpaired) electrons. The lowest BCUT2D eigenvalue weighted by Crippen LogP contribution is -2.45. The number of amides is 1. The van der Waals surface area contributed by atoms with E-state index in [0.717, 1.165) is 17.2 Å². The Labute approximate surface area is 149 Å². The van der Waals surface area contributed by atoms with Gasteiger partial charge >= 0.3 is 6.09 Å². The first-order chi connectivity index (χ1) is 11.2. The van der Waals surface area contributed by atoms with Gasteiger partial charge in [0.25, 0.3) is 0 Å². The summed E-state index contributed by atoms with van der Waals surface area (Å²) in [5.74, 6) is 1.22. The number of hydrogen-bond acceptors (Lipinski definition) is 4. The Kier molecular flexibility index (Phi) is 6.33. The van der Waals surface area contributed by atoms with E-state index in [2.05, 4.69) is 43.4 Å². The molecular weight excluding hydrogens is 320 g/mol. The number of thioether (sulfide) groups is 1. The van der Waals surface area contributed by atoms with Crippen LogP contribution in [0.1, 0.15) is 40.2 Å². The van der Waals surface area contributed by atoms with Crippen LogP contribution in [0, 0.1) is 5.92 Å². The van der Waals surface area contributed by atoms with E-state index in [0.29, 0.717) is 0 Å². The maximum Gasteiger partial charge on any atom is 0.408 e. The Morgan fingerprint density at radius 1 is 1.33 bits per heavy atom. The molecule has 4 nitrogen and oxygen atoms in total. The van der Waals surface area contributed by atoms with Gasteiger partial charge in [0, 0.05) is 5.75 Å². The van der Waals surface area contributed by atoms with Crippen LogP contribution in [0.2, 0.25) is 0 Å². The summed E-state index contributed by atoms with van der Waals surface area (Å²) in [6, 6.07) is 10.6. The molecule has 0 spiro atoms. The minimum Gasteiger partial charge on any atom is -0.444 e. The molecule has 0 unspecified atom stereocenters. The van der Waals surface area contributed by atoms with Gasteiger partial charge in [-0.1, -0.05) is 44.2 Å². The van der Waals surface area contributed by atoms with Crippen molar-refractivity contribution in [1.82, 2.24) is 5.32 Å². The molecule has 1 aromatic carbocycles. The molecule has 0 aliphatic carbocycles. The summed E-state index contributed by atoms with van der Waals surface area (Å²) >= 11 is 1.75. The predicted octanol–water partition coefficient (Wildman–Crippen LogP) is 4.29. The molecule has 132 valence electrons. The molecule has 0 saturated carbocycles. The molecule has 2 atom stereocenters.